The molecule has 0 unspecified atom stereocenters. The summed E-state index contributed by atoms with van der Waals surface area (Å²) in [7, 11) is 3.17. The van der Waals surface area contributed by atoms with Crippen LogP contribution in [0.25, 0.3) is 32.1 Å². The first-order valence-corrected chi connectivity index (χ1v) is 13.0. The zero-order valence-corrected chi connectivity index (χ0v) is 23.1. The maximum Gasteiger partial charge on any atom is 0.318 e. The number of nitriles is 1. The van der Waals surface area contributed by atoms with Crippen molar-refractivity contribution in [1.82, 2.24) is 9.97 Å². The molecular weight excluding hydrogens is 520 g/mol. The molecule has 0 spiro atoms. The molecule has 11 heteroatoms. The second-order valence-corrected chi connectivity index (χ2v) is 9.25. The van der Waals surface area contributed by atoms with Gasteiger partial charge in [-0.3, -0.25) is 0 Å². The number of ether oxygens (including phenoxy) is 2. The number of aromatic nitrogens is 2. The highest BCUT2D eigenvalue weighted by atomic mass is 35.5. The van der Waals surface area contributed by atoms with Crippen LogP contribution in [0.4, 0.5) is 19.6 Å². The first-order chi connectivity index (χ1) is 17.8. The number of thiophene rings is 1. The van der Waals surface area contributed by atoms with Crippen molar-refractivity contribution in [1.29, 1.82) is 5.26 Å². The molecule has 37 heavy (non-hydrogen) atoms. The molecule has 5 rings (SSSR count). The van der Waals surface area contributed by atoms with Crippen LogP contribution in [0.1, 0.15) is 39.7 Å². The average molecular weight is 548 g/mol. The number of nitrogen functional groups attached to an aromatic ring is 1. The van der Waals surface area contributed by atoms with E-state index in [1.807, 2.05) is 19.9 Å². The number of nitrogens with zero attached hydrogens (tertiary/aromatic N) is 4. The lowest BCUT2D eigenvalue weighted by molar-refractivity contribution is 0.333. The summed E-state index contributed by atoms with van der Waals surface area (Å²) in [5.74, 6) is -0.717. The fraction of sp³-hybridized carbons (Fsp3) is 0.346. The van der Waals surface area contributed by atoms with Crippen LogP contribution in [0, 0.1) is 23.0 Å². The number of anilines is 2. The molecule has 7 nitrogen and oxygen atoms in total. The lowest BCUT2D eigenvalue weighted by Crippen LogP contribution is -2.22. The molecule has 2 aromatic heterocycles. The van der Waals surface area contributed by atoms with Crippen LogP contribution in [0.5, 0.6) is 11.8 Å². The molecule has 0 saturated heterocycles. The highest BCUT2D eigenvalue weighted by Crippen LogP contribution is 2.50. The summed E-state index contributed by atoms with van der Waals surface area (Å²) in [6, 6.07) is 4.52. The predicted molar refractivity (Wildman–Crippen MR) is 147 cm³/mol. The highest BCUT2D eigenvalue weighted by molar-refractivity contribution is 7.23. The Hall–Kier alpha value is -3.42. The number of benzene rings is 2. The molecule has 0 saturated carbocycles. The van der Waals surface area contributed by atoms with E-state index in [-0.39, 0.29) is 60.7 Å². The molecule has 1 aliphatic heterocycles. The monoisotopic (exact) mass is 547 g/mol. The Balaban J connectivity index is 0.000000711. The second-order valence-electron chi connectivity index (χ2n) is 7.82. The summed E-state index contributed by atoms with van der Waals surface area (Å²) in [6.45, 7) is 8.99. The third kappa shape index (κ3) is 4.81. The topological polar surface area (TPSA) is 97.3 Å². The minimum atomic E-state index is -0.767. The molecule has 2 aromatic carbocycles. The molecule has 3 heterocycles. The van der Waals surface area contributed by atoms with Crippen molar-refractivity contribution in [3.05, 3.63) is 34.4 Å². The normalized spacial score (nSPS) is 12.1. The number of hydrogen-bond acceptors (Lipinski definition) is 8. The van der Waals surface area contributed by atoms with Gasteiger partial charge in [0, 0.05) is 18.0 Å². The fourth-order valence-corrected chi connectivity index (χ4v) is 5.16. The van der Waals surface area contributed by atoms with Gasteiger partial charge in [0.1, 0.15) is 34.8 Å². The van der Waals surface area contributed by atoms with E-state index in [1.54, 1.807) is 11.9 Å². The van der Waals surface area contributed by atoms with Gasteiger partial charge in [-0.25, -0.2) is 8.78 Å². The number of halogens is 3. The van der Waals surface area contributed by atoms with Crippen molar-refractivity contribution in [2.75, 3.05) is 37.9 Å². The Kier molecular flexibility index (Phi) is 8.94. The molecule has 0 fully saturated rings. The number of fused-ring (bicyclic) bond motifs is 1. The van der Waals surface area contributed by atoms with Gasteiger partial charge in [-0.1, -0.05) is 51.8 Å². The molecule has 0 radical (unpaired) electrons. The molecule has 0 atom stereocenters. The van der Waals surface area contributed by atoms with Gasteiger partial charge in [0.15, 0.2) is 11.6 Å². The summed E-state index contributed by atoms with van der Waals surface area (Å²) >= 11 is 7.61. The molecule has 2 N–H and O–H groups in total. The molecule has 0 amide bonds. The summed E-state index contributed by atoms with van der Waals surface area (Å²) in [5, 5.41) is 10.2. The van der Waals surface area contributed by atoms with Gasteiger partial charge in [-0.2, -0.15) is 15.2 Å². The van der Waals surface area contributed by atoms with E-state index in [4.69, 9.17) is 26.8 Å². The SMILES string of the molecule is CC.CCC.COc1nc2c3c(c(Cl)c(-c4ccc(F)c5sc(N)c(C#N)c45)c(F)c3n1)OCCN2C. The molecule has 4 aromatic rings. The average Bonchev–Trinajstić information content (AvgIpc) is 3.15. The number of methoxy groups -OCH3 is 1. The standard InChI is InChI=1S/C21H14ClF2N5O2S.C3H8.C2H6/c1-29-5-6-31-17-13-16(27-21(30-2)28-20(13)29)15(24)12(14(17)22)8-3-4-10(23)18-11(8)9(7-25)19(26)32-18;1-3-2;1-2/h3-4H,5-6,26H2,1-2H3;3H2,1-2H3;1-2H3. The van der Waals surface area contributed by atoms with Crippen molar-refractivity contribution in [3.63, 3.8) is 0 Å². The Labute approximate surface area is 223 Å². The highest BCUT2D eigenvalue weighted by Gasteiger charge is 2.30. The summed E-state index contributed by atoms with van der Waals surface area (Å²) < 4.78 is 41.8. The first-order valence-electron chi connectivity index (χ1n) is 11.8. The van der Waals surface area contributed by atoms with Gasteiger partial charge >= 0.3 is 6.01 Å². The van der Waals surface area contributed by atoms with Gasteiger partial charge in [-0.15, -0.1) is 11.3 Å². The van der Waals surface area contributed by atoms with Gasteiger partial charge < -0.3 is 20.1 Å². The maximum atomic E-state index is 16.1. The lowest BCUT2D eigenvalue weighted by Gasteiger charge is -2.18. The number of hydrogen-bond donors (Lipinski definition) is 1. The number of rotatable bonds is 2. The van der Waals surface area contributed by atoms with Crippen molar-refractivity contribution >= 4 is 54.7 Å². The summed E-state index contributed by atoms with van der Waals surface area (Å²) in [5.41, 5.74) is 6.09. The molecular formula is C26H28ClF2N5O2S. The first kappa shape index (κ1) is 28.2. The van der Waals surface area contributed by atoms with Gasteiger partial charge in [0.05, 0.1) is 34.3 Å². The van der Waals surface area contributed by atoms with E-state index in [0.717, 1.165) is 11.3 Å². The van der Waals surface area contributed by atoms with Crippen LogP contribution in [0.2, 0.25) is 5.02 Å². The smallest absolute Gasteiger partial charge is 0.318 e. The predicted octanol–water partition coefficient (Wildman–Crippen LogP) is 7.18. The summed E-state index contributed by atoms with van der Waals surface area (Å²) in [6.07, 6.45) is 1.25. The van der Waals surface area contributed by atoms with Crippen LogP contribution >= 0.6 is 22.9 Å². The molecule has 0 bridgehead atoms. The molecule has 1 aliphatic rings. The van der Waals surface area contributed by atoms with Crippen molar-refractivity contribution in [2.45, 2.75) is 34.1 Å². The van der Waals surface area contributed by atoms with Crippen LogP contribution in [-0.4, -0.2) is 37.3 Å². The van der Waals surface area contributed by atoms with Gasteiger partial charge in [0.2, 0.25) is 0 Å². The Morgan fingerprint density at radius 2 is 1.92 bits per heavy atom. The summed E-state index contributed by atoms with van der Waals surface area (Å²) in [4.78, 5) is 10.4. The third-order valence-electron chi connectivity index (χ3n) is 5.36. The lowest BCUT2D eigenvalue weighted by atomic mass is 9.96. The quantitative estimate of drug-likeness (QED) is 0.284. The number of likely N-dealkylation sites (N-methyl/N-ethyl adjacent to an activating group) is 1. The van der Waals surface area contributed by atoms with E-state index in [9.17, 15) is 9.65 Å². The zero-order valence-electron chi connectivity index (χ0n) is 21.5. The van der Waals surface area contributed by atoms with E-state index in [0.29, 0.717) is 17.7 Å². The van der Waals surface area contributed by atoms with E-state index >= 15 is 4.39 Å². The van der Waals surface area contributed by atoms with Crippen molar-refractivity contribution in [3.8, 4) is 29.0 Å². The minimum Gasteiger partial charge on any atom is -0.489 e. The maximum absolute atomic E-state index is 16.1. The Morgan fingerprint density at radius 1 is 1.24 bits per heavy atom. The van der Waals surface area contributed by atoms with Crippen LogP contribution < -0.4 is 20.1 Å². The van der Waals surface area contributed by atoms with Crippen LogP contribution in [0.15, 0.2) is 12.1 Å². The molecule has 0 aliphatic carbocycles. The third-order valence-corrected chi connectivity index (χ3v) is 6.75. The van der Waals surface area contributed by atoms with Crippen LogP contribution in [0.3, 0.4) is 0 Å². The van der Waals surface area contributed by atoms with E-state index in [2.05, 4.69) is 23.8 Å². The minimum absolute atomic E-state index is 0.0260. The van der Waals surface area contributed by atoms with Gasteiger partial charge in [0.25, 0.3) is 0 Å². The van der Waals surface area contributed by atoms with E-state index < -0.39 is 11.6 Å². The van der Waals surface area contributed by atoms with E-state index in [1.165, 1.54) is 25.7 Å². The largest absolute Gasteiger partial charge is 0.489 e. The Morgan fingerprint density at radius 3 is 2.54 bits per heavy atom. The number of nitrogens with two attached hydrogens (primary N) is 1. The van der Waals surface area contributed by atoms with Gasteiger partial charge in [-0.05, 0) is 11.6 Å². The fourth-order valence-electron chi connectivity index (χ4n) is 3.87. The van der Waals surface area contributed by atoms with Crippen molar-refractivity contribution in [2.24, 2.45) is 0 Å². The van der Waals surface area contributed by atoms with Crippen LogP contribution in [-0.2, 0) is 0 Å². The Bertz CT molecular complexity index is 1500. The second kappa shape index (κ2) is 11.8. The molecule has 196 valence electrons. The van der Waals surface area contributed by atoms with Crippen molar-refractivity contribution < 1.29 is 18.3 Å². The zero-order chi connectivity index (χ0) is 27.4.